The van der Waals surface area contributed by atoms with Gasteiger partial charge in [0, 0.05) is 19.2 Å². The number of carboxylic acid groups (broad SMARTS) is 1. The van der Waals surface area contributed by atoms with E-state index < -0.39 is 11.8 Å². The van der Waals surface area contributed by atoms with Crippen LogP contribution in [0.5, 0.6) is 17.2 Å². The second kappa shape index (κ2) is 9.77. The Morgan fingerprint density at radius 2 is 2.09 bits per heavy atom. The maximum Gasteiger partial charge on any atom is 0.303 e. The minimum absolute atomic E-state index is 0.0792. The molecule has 0 amide bonds. The number of nitrogens with zero attached hydrogens (tertiary/aromatic N) is 3. The molecule has 35 heavy (non-hydrogen) atoms. The van der Waals surface area contributed by atoms with E-state index in [1.54, 1.807) is 24.1 Å². The van der Waals surface area contributed by atoms with Crippen LogP contribution in [0.15, 0.2) is 42.6 Å². The fraction of sp³-hybridized carbons (Fsp3) is 0.346. The molecule has 9 heteroatoms. The number of benzene rings is 2. The number of fused-ring (bicyclic) bond motifs is 2. The molecule has 0 saturated carbocycles. The van der Waals surface area contributed by atoms with Gasteiger partial charge in [-0.1, -0.05) is 6.07 Å². The van der Waals surface area contributed by atoms with E-state index >= 15 is 0 Å². The Balaban J connectivity index is 1.17. The van der Waals surface area contributed by atoms with Gasteiger partial charge in [-0.15, -0.1) is 0 Å². The Hall–Kier alpha value is -3.88. The molecule has 0 fully saturated rings. The predicted molar refractivity (Wildman–Crippen MR) is 127 cm³/mol. The summed E-state index contributed by atoms with van der Waals surface area (Å²) in [5.74, 6) is 1.49. The zero-order chi connectivity index (χ0) is 24.4. The molecule has 0 radical (unpaired) electrons. The second-order valence-corrected chi connectivity index (χ2v) is 8.75. The van der Waals surface area contributed by atoms with E-state index in [2.05, 4.69) is 9.97 Å². The van der Waals surface area contributed by atoms with Gasteiger partial charge in [-0.3, -0.25) is 4.79 Å². The monoisotopic (exact) mass is 479 g/mol. The maximum atomic E-state index is 14.5. The minimum atomic E-state index is -0.768. The summed E-state index contributed by atoms with van der Waals surface area (Å²) >= 11 is 0. The zero-order valence-corrected chi connectivity index (χ0v) is 19.4. The summed E-state index contributed by atoms with van der Waals surface area (Å²) < 4.78 is 31.1. The predicted octanol–water partition coefficient (Wildman–Crippen LogP) is 4.42. The first-order chi connectivity index (χ1) is 17.0. The van der Waals surface area contributed by atoms with Gasteiger partial charge in [-0.25, -0.2) is 14.4 Å². The van der Waals surface area contributed by atoms with Gasteiger partial charge in [0.2, 0.25) is 6.79 Å². The SMILES string of the molecule is CN(CCCOc1ccc2c(c1)CC[C@H]2CC(=O)O)c1nc(-c2ccc3c(c2)OCO3)ncc1F. The third-order valence-corrected chi connectivity index (χ3v) is 6.36. The number of aromatic nitrogens is 2. The molecule has 3 aromatic rings. The molecule has 1 aromatic heterocycles. The van der Waals surface area contributed by atoms with Crippen LogP contribution in [-0.4, -0.2) is 48.0 Å². The van der Waals surface area contributed by atoms with Gasteiger partial charge in [0.25, 0.3) is 0 Å². The number of hydrogen-bond donors (Lipinski definition) is 1. The normalized spacial score (nSPS) is 15.7. The molecule has 1 aliphatic carbocycles. The Labute approximate surface area is 202 Å². The quantitative estimate of drug-likeness (QED) is 0.451. The molecule has 0 unspecified atom stereocenters. The molecule has 1 atom stereocenters. The summed E-state index contributed by atoms with van der Waals surface area (Å²) in [6.07, 6.45) is 3.73. The molecule has 0 bridgehead atoms. The third kappa shape index (κ3) is 4.99. The van der Waals surface area contributed by atoms with Crippen LogP contribution in [0.25, 0.3) is 11.4 Å². The number of ether oxygens (including phenoxy) is 3. The molecule has 1 aliphatic heterocycles. The molecule has 8 nitrogen and oxygen atoms in total. The molecule has 0 saturated heterocycles. The van der Waals surface area contributed by atoms with Gasteiger partial charge in [0.15, 0.2) is 29.0 Å². The van der Waals surface area contributed by atoms with Crippen molar-refractivity contribution in [3.05, 3.63) is 59.5 Å². The number of aliphatic carboxylic acids is 1. The summed E-state index contributed by atoms with van der Waals surface area (Å²) in [6.45, 7) is 1.18. The fourth-order valence-electron chi connectivity index (χ4n) is 4.59. The van der Waals surface area contributed by atoms with Gasteiger partial charge < -0.3 is 24.2 Å². The summed E-state index contributed by atoms with van der Waals surface area (Å²) in [4.78, 5) is 21.4. The Morgan fingerprint density at radius 3 is 2.94 bits per heavy atom. The van der Waals surface area contributed by atoms with Gasteiger partial charge in [0.05, 0.1) is 19.2 Å². The Bertz CT molecular complexity index is 1250. The highest BCUT2D eigenvalue weighted by Gasteiger charge is 2.25. The van der Waals surface area contributed by atoms with Crippen molar-refractivity contribution in [1.29, 1.82) is 0 Å². The van der Waals surface area contributed by atoms with Crippen LogP contribution in [0.1, 0.15) is 36.3 Å². The largest absolute Gasteiger partial charge is 0.494 e. The van der Waals surface area contributed by atoms with Crippen molar-refractivity contribution in [1.82, 2.24) is 9.97 Å². The number of halogens is 1. The lowest BCUT2D eigenvalue weighted by Gasteiger charge is -2.19. The van der Waals surface area contributed by atoms with E-state index in [9.17, 15) is 9.18 Å². The van der Waals surface area contributed by atoms with E-state index in [1.165, 1.54) is 6.20 Å². The Kier molecular flexibility index (Phi) is 6.39. The number of hydrogen-bond acceptors (Lipinski definition) is 7. The van der Waals surface area contributed by atoms with Crippen molar-refractivity contribution in [2.75, 3.05) is 31.9 Å². The van der Waals surface area contributed by atoms with Crippen molar-refractivity contribution < 1.29 is 28.5 Å². The minimum Gasteiger partial charge on any atom is -0.494 e. The zero-order valence-electron chi connectivity index (χ0n) is 19.4. The van der Waals surface area contributed by atoms with Crippen molar-refractivity contribution in [2.45, 2.75) is 31.6 Å². The summed E-state index contributed by atoms with van der Waals surface area (Å²) in [6, 6.07) is 11.3. The molecule has 2 heterocycles. The van der Waals surface area contributed by atoms with Crippen molar-refractivity contribution in [3.63, 3.8) is 0 Å². The van der Waals surface area contributed by atoms with Crippen LogP contribution in [0.4, 0.5) is 10.2 Å². The van der Waals surface area contributed by atoms with E-state index in [1.807, 2.05) is 24.3 Å². The van der Waals surface area contributed by atoms with Gasteiger partial charge >= 0.3 is 5.97 Å². The van der Waals surface area contributed by atoms with Crippen molar-refractivity contribution in [3.8, 4) is 28.6 Å². The number of carbonyl (C=O) groups is 1. The van der Waals surface area contributed by atoms with E-state index in [-0.39, 0.29) is 24.9 Å². The van der Waals surface area contributed by atoms with Crippen LogP contribution in [-0.2, 0) is 11.2 Å². The van der Waals surface area contributed by atoms with Crippen LogP contribution >= 0.6 is 0 Å². The number of anilines is 1. The highest BCUT2D eigenvalue weighted by molar-refractivity contribution is 5.68. The second-order valence-electron chi connectivity index (χ2n) is 8.75. The average molecular weight is 480 g/mol. The standard InChI is InChI=1S/C26H26FN3O5/c1-30(9-2-10-33-19-6-7-20-16(11-19)3-4-17(20)13-24(31)32)26-21(27)14-28-25(29-26)18-5-8-22-23(12-18)35-15-34-22/h5-8,11-12,14,17H,2-4,9-10,13,15H2,1H3,(H,31,32)/t17-/m0/s1. The average Bonchev–Trinajstić information content (AvgIpc) is 3.48. The van der Waals surface area contributed by atoms with Crippen LogP contribution < -0.4 is 19.1 Å². The summed E-state index contributed by atoms with van der Waals surface area (Å²) in [5.41, 5.74) is 2.98. The topological polar surface area (TPSA) is 94.0 Å². The first kappa shape index (κ1) is 22.9. The Morgan fingerprint density at radius 1 is 1.23 bits per heavy atom. The molecular weight excluding hydrogens is 453 g/mol. The van der Waals surface area contributed by atoms with E-state index in [0.29, 0.717) is 36.9 Å². The first-order valence-electron chi connectivity index (χ1n) is 11.6. The molecule has 2 aromatic carbocycles. The van der Waals surface area contributed by atoms with Crippen LogP contribution in [0.2, 0.25) is 0 Å². The first-order valence-corrected chi connectivity index (χ1v) is 11.6. The molecule has 5 rings (SSSR count). The number of aryl methyl sites for hydroxylation is 1. The molecule has 1 N–H and O–H groups in total. The summed E-state index contributed by atoms with van der Waals surface area (Å²) in [7, 11) is 1.78. The van der Waals surface area contributed by atoms with Crippen LogP contribution in [0, 0.1) is 5.82 Å². The molecular formula is C26H26FN3O5. The maximum absolute atomic E-state index is 14.5. The van der Waals surface area contributed by atoms with Crippen LogP contribution in [0.3, 0.4) is 0 Å². The highest BCUT2D eigenvalue weighted by Crippen LogP contribution is 2.37. The third-order valence-electron chi connectivity index (χ3n) is 6.36. The molecule has 182 valence electrons. The lowest BCUT2D eigenvalue weighted by Crippen LogP contribution is -2.23. The number of carboxylic acids is 1. The van der Waals surface area contributed by atoms with Crippen molar-refractivity contribution in [2.24, 2.45) is 0 Å². The number of rotatable bonds is 9. The van der Waals surface area contributed by atoms with E-state index in [0.717, 1.165) is 35.3 Å². The van der Waals surface area contributed by atoms with E-state index in [4.69, 9.17) is 19.3 Å². The van der Waals surface area contributed by atoms with Gasteiger partial charge in [0.1, 0.15) is 5.75 Å². The summed E-state index contributed by atoms with van der Waals surface area (Å²) in [5, 5.41) is 9.08. The molecule has 0 spiro atoms. The lowest BCUT2D eigenvalue weighted by molar-refractivity contribution is -0.137. The highest BCUT2D eigenvalue weighted by atomic mass is 19.1. The van der Waals surface area contributed by atoms with Crippen molar-refractivity contribution >= 4 is 11.8 Å². The lowest BCUT2D eigenvalue weighted by atomic mass is 9.98. The van der Waals surface area contributed by atoms with Gasteiger partial charge in [-0.2, -0.15) is 0 Å². The van der Waals surface area contributed by atoms with Gasteiger partial charge in [-0.05, 0) is 66.6 Å². The molecule has 2 aliphatic rings. The smallest absolute Gasteiger partial charge is 0.303 e. The fourth-order valence-corrected chi connectivity index (χ4v) is 4.59.